The van der Waals surface area contributed by atoms with Crippen LogP contribution in [0.2, 0.25) is 0 Å². The van der Waals surface area contributed by atoms with Gasteiger partial charge in [0, 0.05) is 17.8 Å². The summed E-state index contributed by atoms with van der Waals surface area (Å²) in [5, 5.41) is -0.146. The second-order valence-electron chi connectivity index (χ2n) is 10.2. The van der Waals surface area contributed by atoms with Crippen molar-refractivity contribution in [2.45, 2.75) is 77.0 Å². The number of aliphatic imine (C=N–C) groups is 1. The van der Waals surface area contributed by atoms with E-state index >= 15 is 0 Å². The Bertz CT molecular complexity index is 1100. The van der Waals surface area contributed by atoms with E-state index in [4.69, 9.17) is 21.6 Å². The van der Waals surface area contributed by atoms with Gasteiger partial charge < -0.3 is 0 Å². The van der Waals surface area contributed by atoms with Crippen molar-refractivity contribution in [2.75, 3.05) is 12.0 Å². The number of thioether (sulfide) groups is 1. The monoisotopic (exact) mass is 506 g/mol. The molecule has 1 aromatic heterocycles. The molecule has 0 saturated heterocycles. The van der Waals surface area contributed by atoms with Crippen molar-refractivity contribution >= 4 is 34.8 Å². The summed E-state index contributed by atoms with van der Waals surface area (Å²) in [4.78, 5) is 9.94. The van der Waals surface area contributed by atoms with Crippen LogP contribution in [-0.4, -0.2) is 28.1 Å². The third-order valence-electron chi connectivity index (χ3n) is 7.70. The Balaban J connectivity index is 1.61. The first-order chi connectivity index (χ1) is 17.0. The molecule has 0 spiro atoms. The molecule has 4 rings (SSSR count). The van der Waals surface area contributed by atoms with Gasteiger partial charge in [0.25, 0.3) is 0 Å². The van der Waals surface area contributed by atoms with Gasteiger partial charge in [0.15, 0.2) is 0 Å². The standard InChI is InChI=1S/C31H39ClN2S/c1-21-14-16-30(33-20-21)31-23(3)22(2)28(17-15-27(31)32)34-29-13-8-11-25-19-24(9-5-6-18-35-4)10-7-12-26(25)29/h8,11,13-17,20,24,27,31H,5-7,9-10,12,18-19H2,1-4H3. The van der Waals surface area contributed by atoms with Crippen LogP contribution in [0.3, 0.4) is 0 Å². The van der Waals surface area contributed by atoms with Crippen molar-refractivity contribution in [1.29, 1.82) is 0 Å². The van der Waals surface area contributed by atoms with Gasteiger partial charge in [0.1, 0.15) is 0 Å². The number of aryl methyl sites for hydroxylation is 1. The zero-order chi connectivity index (χ0) is 24.8. The number of benzene rings is 1. The van der Waals surface area contributed by atoms with Gasteiger partial charge in [-0.3, -0.25) is 4.98 Å². The summed E-state index contributed by atoms with van der Waals surface area (Å²) in [6, 6.07) is 11.0. The lowest BCUT2D eigenvalue weighted by molar-refractivity contribution is 0.431. The summed E-state index contributed by atoms with van der Waals surface area (Å²) in [5.41, 5.74) is 9.75. The first kappa shape index (κ1) is 26.2. The van der Waals surface area contributed by atoms with Crippen molar-refractivity contribution in [1.82, 2.24) is 4.98 Å². The molecule has 0 bridgehead atoms. The fourth-order valence-electron chi connectivity index (χ4n) is 5.50. The fraction of sp³-hybridized carbons (Fsp3) is 0.484. The Labute approximate surface area is 221 Å². The lowest BCUT2D eigenvalue weighted by Gasteiger charge is -2.21. The fourth-order valence-corrected chi connectivity index (χ4v) is 6.39. The lowest BCUT2D eigenvalue weighted by Crippen LogP contribution is -2.14. The molecule has 2 aliphatic carbocycles. The molecular weight excluding hydrogens is 468 g/mol. The molecule has 1 heterocycles. The van der Waals surface area contributed by atoms with Gasteiger partial charge in [0.2, 0.25) is 0 Å². The summed E-state index contributed by atoms with van der Waals surface area (Å²) in [6.07, 6.45) is 17.3. The van der Waals surface area contributed by atoms with Crippen LogP contribution in [0.1, 0.15) is 74.3 Å². The molecule has 3 unspecified atom stereocenters. The number of unbranched alkanes of at least 4 members (excludes halogenated alkanes) is 1. The molecule has 0 aliphatic heterocycles. The highest BCUT2D eigenvalue weighted by atomic mass is 35.5. The van der Waals surface area contributed by atoms with Crippen LogP contribution in [0.25, 0.3) is 0 Å². The van der Waals surface area contributed by atoms with E-state index in [0.29, 0.717) is 0 Å². The molecule has 1 aromatic carbocycles. The number of aromatic nitrogens is 1. The first-order valence-electron chi connectivity index (χ1n) is 13.1. The SMILES string of the molecule is CSCCCCC1CCCc2c(cccc2N=C2C=CC(Cl)C(c3ccc(C)cn3)C(C)=C2C)C1. The van der Waals surface area contributed by atoms with Crippen molar-refractivity contribution in [3.8, 4) is 0 Å². The summed E-state index contributed by atoms with van der Waals surface area (Å²) < 4.78 is 0. The highest BCUT2D eigenvalue weighted by Crippen LogP contribution is 2.37. The minimum atomic E-state index is -0.146. The Morgan fingerprint density at radius 2 is 1.97 bits per heavy atom. The average Bonchev–Trinajstić information content (AvgIpc) is 3.12. The quantitative estimate of drug-likeness (QED) is 0.213. The van der Waals surface area contributed by atoms with E-state index in [1.54, 1.807) is 0 Å². The number of halogens is 1. The van der Waals surface area contributed by atoms with Crippen molar-refractivity contribution in [3.63, 3.8) is 0 Å². The molecule has 2 nitrogen and oxygen atoms in total. The second-order valence-corrected chi connectivity index (χ2v) is 11.7. The number of rotatable bonds is 7. The molecule has 4 heteroatoms. The molecule has 0 amide bonds. The number of alkyl halides is 1. The number of fused-ring (bicyclic) bond motifs is 1. The van der Waals surface area contributed by atoms with E-state index in [9.17, 15) is 0 Å². The Hall–Kier alpha value is -1.84. The van der Waals surface area contributed by atoms with Crippen LogP contribution < -0.4 is 0 Å². The highest BCUT2D eigenvalue weighted by Gasteiger charge is 2.27. The van der Waals surface area contributed by atoms with Crippen molar-refractivity contribution in [2.24, 2.45) is 10.9 Å². The van der Waals surface area contributed by atoms with Crippen molar-refractivity contribution < 1.29 is 0 Å². The lowest BCUT2D eigenvalue weighted by atomic mass is 9.90. The van der Waals surface area contributed by atoms with Gasteiger partial charge in [-0.25, -0.2) is 4.99 Å². The van der Waals surface area contributed by atoms with Crippen molar-refractivity contribution in [3.05, 3.63) is 82.2 Å². The van der Waals surface area contributed by atoms with Gasteiger partial charge >= 0.3 is 0 Å². The number of nitrogens with zero attached hydrogens (tertiary/aromatic N) is 2. The van der Waals surface area contributed by atoms with Gasteiger partial charge in [0.05, 0.1) is 16.8 Å². The van der Waals surface area contributed by atoms with E-state index in [2.05, 4.69) is 69.5 Å². The zero-order valence-electron chi connectivity index (χ0n) is 21.7. The summed E-state index contributed by atoms with van der Waals surface area (Å²) in [7, 11) is 0. The Morgan fingerprint density at radius 1 is 1.11 bits per heavy atom. The molecular formula is C31H39ClN2S. The second kappa shape index (κ2) is 12.4. The maximum Gasteiger partial charge on any atom is 0.0671 e. The van der Waals surface area contributed by atoms with Crippen LogP contribution in [0, 0.1) is 12.8 Å². The van der Waals surface area contributed by atoms with Gasteiger partial charge in [-0.15, -0.1) is 11.6 Å². The van der Waals surface area contributed by atoms with E-state index in [-0.39, 0.29) is 11.3 Å². The molecule has 2 aromatic rings. The molecule has 0 saturated carbocycles. The van der Waals surface area contributed by atoms with Gasteiger partial charge in [-0.2, -0.15) is 11.8 Å². The topological polar surface area (TPSA) is 25.2 Å². The predicted octanol–water partition coefficient (Wildman–Crippen LogP) is 8.79. The van der Waals surface area contributed by atoms with Crippen LogP contribution in [0.5, 0.6) is 0 Å². The first-order valence-corrected chi connectivity index (χ1v) is 14.9. The zero-order valence-corrected chi connectivity index (χ0v) is 23.3. The largest absolute Gasteiger partial charge is 0.260 e. The van der Waals surface area contributed by atoms with Crippen LogP contribution in [0.4, 0.5) is 5.69 Å². The third-order valence-corrected chi connectivity index (χ3v) is 8.79. The molecule has 0 fully saturated rings. The molecule has 2 aliphatic rings. The predicted molar refractivity (Wildman–Crippen MR) is 155 cm³/mol. The smallest absolute Gasteiger partial charge is 0.0671 e. The maximum absolute atomic E-state index is 6.89. The minimum Gasteiger partial charge on any atom is -0.260 e. The summed E-state index contributed by atoms with van der Waals surface area (Å²) in [6.45, 7) is 6.44. The third kappa shape index (κ3) is 6.49. The summed E-state index contributed by atoms with van der Waals surface area (Å²) in [5.74, 6) is 2.15. The maximum atomic E-state index is 6.89. The number of hydrogen-bond acceptors (Lipinski definition) is 3. The van der Waals surface area contributed by atoms with E-state index in [1.165, 1.54) is 66.6 Å². The normalized spacial score (nSPS) is 23.8. The van der Waals surface area contributed by atoms with Gasteiger partial charge in [-0.05, 0) is 111 Å². The molecule has 35 heavy (non-hydrogen) atoms. The minimum absolute atomic E-state index is 0.0565. The van der Waals surface area contributed by atoms with Gasteiger partial charge in [-0.1, -0.05) is 42.7 Å². The number of allylic oxidation sites excluding steroid dienone is 4. The number of pyridine rings is 1. The highest BCUT2D eigenvalue weighted by molar-refractivity contribution is 7.98. The molecule has 0 radical (unpaired) electrons. The van der Waals surface area contributed by atoms with E-state index < -0.39 is 0 Å². The van der Waals surface area contributed by atoms with Crippen LogP contribution in [-0.2, 0) is 12.8 Å². The average molecular weight is 507 g/mol. The van der Waals surface area contributed by atoms with Crippen LogP contribution in [0.15, 0.2) is 64.8 Å². The summed E-state index contributed by atoms with van der Waals surface area (Å²) >= 11 is 8.85. The Kier molecular flexibility index (Phi) is 9.30. The molecule has 3 atom stereocenters. The van der Waals surface area contributed by atoms with E-state index in [0.717, 1.165) is 35.0 Å². The Morgan fingerprint density at radius 3 is 2.74 bits per heavy atom. The van der Waals surface area contributed by atoms with E-state index in [1.807, 2.05) is 18.0 Å². The number of hydrogen-bond donors (Lipinski definition) is 0. The molecule has 186 valence electrons. The van der Waals surface area contributed by atoms with Crippen LogP contribution >= 0.6 is 23.4 Å². The molecule has 0 N–H and O–H groups in total.